The van der Waals surface area contributed by atoms with E-state index in [9.17, 15) is 20.2 Å². The Morgan fingerprint density at radius 1 is 1.30 bits per heavy atom. The molecule has 1 aliphatic heterocycles. The maximum atomic E-state index is 12.4. The third-order valence-corrected chi connectivity index (χ3v) is 6.32. The van der Waals surface area contributed by atoms with E-state index in [0.29, 0.717) is 33.2 Å². The van der Waals surface area contributed by atoms with Crippen molar-refractivity contribution < 1.29 is 9.72 Å². The molecule has 30 heavy (non-hydrogen) atoms. The fraction of sp³-hybridized carbons (Fsp3) is 0.182. The summed E-state index contributed by atoms with van der Waals surface area (Å²) in [4.78, 5) is 23.6. The highest BCUT2D eigenvalue weighted by Crippen LogP contribution is 2.44. The fourth-order valence-corrected chi connectivity index (χ4v) is 4.97. The Morgan fingerprint density at radius 2 is 2.03 bits per heavy atom. The summed E-state index contributed by atoms with van der Waals surface area (Å²) in [5, 5.41) is 25.4. The van der Waals surface area contributed by atoms with Crippen molar-refractivity contribution in [2.24, 2.45) is 0 Å². The number of nitriles is 1. The minimum Gasteiger partial charge on any atom is -0.353 e. The molecule has 0 aliphatic carbocycles. The summed E-state index contributed by atoms with van der Waals surface area (Å²) >= 11 is 4.88. The van der Waals surface area contributed by atoms with Crippen LogP contribution in [0.4, 0.5) is 5.69 Å². The van der Waals surface area contributed by atoms with Crippen molar-refractivity contribution in [3.05, 3.63) is 96.1 Å². The van der Waals surface area contributed by atoms with Crippen molar-refractivity contribution in [3.63, 3.8) is 0 Å². The molecule has 0 unspecified atom stereocenters. The molecule has 1 heterocycles. The first kappa shape index (κ1) is 21.8. The van der Waals surface area contributed by atoms with E-state index < -0.39 is 10.8 Å². The lowest BCUT2D eigenvalue weighted by molar-refractivity contribution is -0.385. The van der Waals surface area contributed by atoms with Crippen molar-refractivity contribution >= 4 is 39.2 Å². The Morgan fingerprint density at radius 3 is 2.67 bits per heavy atom. The Labute approximate surface area is 187 Å². The standard InChI is InChI=1S/C22H18BrN3O3S/c1-13-20(14(2)27)21(17-8-3-4-9-19(17)26(28)29)18(11-24)22(25-13)30-12-15-6-5-7-16(23)10-15/h3-10,21,25H,12H2,1-2H3/t21-/m0/s1. The minimum absolute atomic E-state index is 0.111. The fourth-order valence-electron chi connectivity index (χ4n) is 3.48. The van der Waals surface area contributed by atoms with E-state index in [-0.39, 0.29) is 11.5 Å². The van der Waals surface area contributed by atoms with Crippen LogP contribution in [0.15, 0.2) is 74.9 Å². The van der Waals surface area contributed by atoms with Gasteiger partial charge in [0, 0.05) is 33.1 Å². The quantitative estimate of drug-likeness (QED) is 0.425. The predicted molar refractivity (Wildman–Crippen MR) is 120 cm³/mol. The predicted octanol–water partition coefficient (Wildman–Crippen LogP) is 5.58. The molecule has 2 aromatic carbocycles. The molecule has 8 heteroatoms. The molecule has 1 atom stereocenters. The van der Waals surface area contributed by atoms with Crippen LogP contribution in [0, 0.1) is 21.4 Å². The first-order chi connectivity index (χ1) is 14.3. The molecule has 6 nitrogen and oxygen atoms in total. The van der Waals surface area contributed by atoms with E-state index in [2.05, 4.69) is 27.3 Å². The van der Waals surface area contributed by atoms with Crippen LogP contribution >= 0.6 is 27.7 Å². The third-order valence-electron chi connectivity index (χ3n) is 4.74. The van der Waals surface area contributed by atoms with E-state index >= 15 is 0 Å². The number of nitro groups is 1. The van der Waals surface area contributed by atoms with Gasteiger partial charge in [0.05, 0.1) is 27.5 Å². The molecule has 1 N–H and O–H groups in total. The Bertz CT molecular complexity index is 1130. The summed E-state index contributed by atoms with van der Waals surface area (Å²) < 4.78 is 0.958. The third kappa shape index (κ3) is 4.48. The second-order valence-corrected chi connectivity index (χ2v) is 8.64. The number of ketones is 1. The average Bonchev–Trinajstić information content (AvgIpc) is 2.71. The van der Waals surface area contributed by atoms with Crippen molar-refractivity contribution in [1.29, 1.82) is 5.26 Å². The molecule has 0 saturated carbocycles. The zero-order chi connectivity index (χ0) is 21.8. The molecular weight excluding hydrogens is 466 g/mol. The molecule has 0 spiro atoms. The van der Waals surface area contributed by atoms with Gasteiger partial charge in [-0.1, -0.05) is 46.3 Å². The summed E-state index contributed by atoms with van der Waals surface area (Å²) in [6.45, 7) is 3.17. The van der Waals surface area contributed by atoms with Crippen LogP contribution in [-0.2, 0) is 10.5 Å². The smallest absolute Gasteiger partial charge is 0.273 e. The van der Waals surface area contributed by atoms with Crippen LogP contribution in [0.2, 0.25) is 0 Å². The van der Waals surface area contributed by atoms with E-state index in [0.717, 1.165) is 10.0 Å². The largest absolute Gasteiger partial charge is 0.353 e. The lowest BCUT2D eigenvalue weighted by Crippen LogP contribution is -2.27. The molecule has 3 rings (SSSR count). The van der Waals surface area contributed by atoms with E-state index in [1.54, 1.807) is 25.1 Å². The highest BCUT2D eigenvalue weighted by Gasteiger charge is 2.36. The van der Waals surface area contributed by atoms with Crippen LogP contribution in [0.3, 0.4) is 0 Å². The molecule has 0 radical (unpaired) electrons. The number of halogens is 1. The summed E-state index contributed by atoms with van der Waals surface area (Å²) in [5.41, 5.74) is 2.56. The number of benzene rings is 2. The maximum Gasteiger partial charge on any atom is 0.273 e. The van der Waals surface area contributed by atoms with E-state index in [1.807, 2.05) is 24.3 Å². The van der Waals surface area contributed by atoms with Gasteiger partial charge in [0.1, 0.15) is 0 Å². The van der Waals surface area contributed by atoms with Gasteiger partial charge in [0.25, 0.3) is 5.69 Å². The summed E-state index contributed by atoms with van der Waals surface area (Å²) in [5.74, 6) is -0.425. The molecule has 0 fully saturated rings. The van der Waals surface area contributed by atoms with E-state index in [1.165, 1.54) is 24.8 Å². The number of carbonyl (C=O) groups is 1. The normalized spacial score (nSPS) is 16.1. The Balaban J connectivity index is 2.10. The van der Waals surface area contributed by atoms with Crippen LogP contribution in [0.1, 0.15) is 30.9 Å². The van der Waals surface area contributed by atoms with Gasteiger partial charge in [-0.2, -0.15) is 5.26 Å². The molecule has 0 bridgehead atoms. The number of hydrogen-bond donors (Lipinski definition) is 1. The Hall–Kier alpha value is -2.89. The number of thioether (sulfide) groups is 1. The number of rotatable bonds is 6. The van der Waals surface area contributed by atoms with Gasteiger partial charge in [-0.15, -0.1) is 11.8 Å². The number of hydrogen-bond acceptors (Lipinski definition) is 6. The molecule has 2 aromatic rings. The SMILES string of the molecule is CC(=O)C1=C(C)NC(SCc2cccc(Br)c2)=C(C#N)[C@@H]1c1ccccc1[N+](=O)[O-]. The molecular formula is C22H18BrN3O3S. The lowest BCUT2D eigenvalue weighted by atomic mass is 9.80. The van der Waals surface area contributed by atoms with Crippen molar-refractivity contribution in [3.8, 4) is 6.07 Å². The number of nitro benzene ring substituents is 1. The number of allylic oxidation sites excluding steroid dienone is 3. The highest BCUT2D eigenvalue weighted by molar-refractivity contribution is 9.10. The zero-order valence-corrected chi connectivity index (χ0v) is 18.7. The number of nitrogens with zero attached hydrogens (tertiary/aromatic N) is 2. The second kappa shape index (κ2) is 9.28. The van der Waals surface area contributed by atoms with Gasteiger partial charge in [-0.25, -0.2) is 0 Å². The first-order valence-corrected chi connectivity index (χ1v) is 10.8. The number of dihydropyridines is 1. The summed E-state index contributed by atoms with van der Waals surface area (Å²) in [7, 11) is 0. The van der Waals surface area contributed by atoms with Crippen LogP contribution < -0.4 is 5.32 Å². The van der Waals surface area contributed by atoms with Crippen LogP contribution in [0.5, 0.6) is 0 Å². The lowest BCUT2D eigenvalue weighted by Gasteiger charge is -2.29. The number of carbonyl (C=O) groups excluding carboxylic acids is 1. The molecule has 0 saturated heterocycles. The zero-order valence-electron chi connectivity index (χ0n) is 16.3. The van der Waals surface area contributed by atoms with Crippen molar-refractivity contribution in [2.75, 3.05) is 0 Å². The minimum atomic E-state index is -0.791. The van der Waals surface area contributed by atoms with Gasteiger partial charge in [-0.05, 0) is 31.5 Å². The van der Waals surface area contributed by atoms with Crippen LogP contribution in [0.25, 0.3) is 0 Å². The molecule has 152 valence electrons. The van der Waals surface area contributed by atoms with Crippen LogP contribution in [-0.4, -0.2) is 10.7 Å². The van der Waals surface area contributed by atoms with Crippen molar-refractivity contribution in [2.45, 2.75) is 25.5 Å². The van der Waals surface area contributed by atoms with Gasteiger partial charge in [0.2, 0.25) is 0 Å². The average molecular weight is 484 g/mol. The van der Waals surface area contributed by atoms with Gasteiger partial charge in [-0.3, -0.25) is 14.9 Å². The summed E-state index contributed by atoms with van der Waals surface area (Å²) in [6.07, 6.45) is 0. The molecule has 0 amide bonds. The maximum absolute atomic E-state index is 12.4. The van der Waals surface area contributed by atoms with E-state index in [4.69, 9.17) is 0 Å². The summed E-state index contributed by atoms with van der Waals surface area (Å²) in [6, 6.07) is 16.3. The monoisotopic (exact) mass is 483 g/mol. The number of nitrogens with one attached hydrogen (secondary N) is 1. The topological polar surface area (TPSA) is 96.0 Å². The van der Waals surface area contributed by atoms with Gasteiger partial charge in [0.15, 0.2) is 5.78 Å². The first-order valence-electron chi connectivity index (χ1n) is 9.07. The second-order valence-electron chi connectivity index (χ2n) is 6.74. The number of para-hydroxylation sites is 1. The highest BCUT2D eigenvalue weighted by atomic mass is 79.9. The molecule has 1 aliphatic rings. The Kier molecular flexibility index (Phi) is 6.75. The van der Waals surface area contributed by atoms with Gasteiger partial charge >= 0.3 is 0 Å². The molecule has 0 aromatic heterocycles. The van der Waals surface area contributed by atoms with Crippen molar-refractivity contribution in [1.82, 2.24) is 5.32 Å². The number of Topliss-reactive ketones (excluding diaryl/α,β-unsaturated/α-hetero) is 1. The van der Waals surface area contributed by atoms with Gasteiger partial charge < -0.3 is 5.32 Å².